The van der Waals surface area contributed by atoms with Gasteiger partial charge in [0.05, 0.1) is 23.3 Å². The van der Waals surface area contributed by atoms with Crippen LogP contribution in [0.3, 0.4) is 0 Å². The average Bonchev–Trinajstić information content (AvgIpc) is 3.24. The number of rotatable bonds is 8. The zero-order valence-corrected chi connectivity index (χ0v) is 18.0. The number of benzene rings is 2. The van der Waals surface area contributed by atoms with Gasteiger partial charge in [-0.15, -0.1) is 0 Å². The van der Waals surface area contributed by atoms with E-state index in [1.54, 1.807) is 43.3 Å². The third kappa shape index (κ3) is 6.17. The van der Waals surface area contributed by atoms with Crippen LogP contribution < -0.4 is 10.0 Å². The molecule has 162 valence electrons. The van der Waals surface area contributed by atoms with E-state index in [1.165, 1.54) is 24.5 Å². The van der Waals surface area contributed by atoms with E-state index in [-0.39, 0.29) is 17.0 Å². The number of esters is 1. The van der Waals surface area contributed by atoms with Crippen molar-refractivity contribution in [2.24, 2.45) is 0 Å². The van der Waals surface area contributed by atoms with E-state index in [1.807, 2.05) is 0 Å². The second kappa shape index (κ2) is 9.78. The molecule has 0 aliphatic heterocycles. The lowest BCUT2D eigenvalue weighted by atomic mass is 10.1. The standard InChI is InChI=1S/C21H19ClN2O6S/c1-14-7-8-18(31(27,28)23-12-17-6-3-9-29-17)11-19(14)21(26)30-13-20(25)24-16-5-2-4-15(22)10-16/h2-11,23H,12-13H2,1H3,(H,24,25). The maximum atomic E-state index is 12.5. The number of anilines is 1. The second-order valence-electron chi connectivity index (χ2n) is 6.52. The van der Waals surface area contributed by atoms with Crippen molar-refractivity contribution in [2.45, 2.75) is 18.4 Å². The highest BCUT2D eigenvalue weighted by atomic mass is 35.5. The molecule has 10 heteroatoms. The van der Waals surface area contributed by atoms with Crippen molar-refractivity contribution in [3.05, 3.63) is 82.8 Å². The Hall–Kier alpha value is -3.14. The summed E-state index contributed by atoms with van der Waals surface area (Å²) in [5.41, 5.74) is 1.00. The van der Waals surface area contributed by atoms with Gasteiger partial charge in [0.25, 0.3) is 5.91 Å². The molecule has 0 radical (unpaired) electrons. The zero-order valence-electron chi connectivity index (χ0n) is 16.4. The number of carbonyl (C=O) groups is 2. The molecule has 0 atom stereocenters. The van der Waals surface area contributed by atoms with E-state index in [9.17, 15) is 18.0 Å². The molecule has 0 saturated heterocycles. The number of sulfonamides is 1. The molecule has 0 fully saturated rings. The summed E-state index contributed by atoms with van der Waals surface area (Å²) in [6.45, 7) is 1.06. The van der Waals surface area contributed by atoms with Crippen molar-refractivity contribution in [1.29, 1.82) is 0 Å². The zero-order chi connectivity index (χ0) is 22.4. The Morgan fingerprint density at radius 2 is 1.90 bits per heavy atom. The molecule has 3 aromatic rings. The third-order valence-corrected chi connectivity index (χ3v) is 5.83. The predicted octanol–water partition coefficient (Wildman–Crippen LogP) is 3.52. The topological polar surface area (TPSA) is 115 Å². The summed E-state index contributed by atoms with van der Waals surface area (Å²) >= 11 is 5.86. The van der Waals surface area contributed by atoms with Crippen LogP contribution in [-0.2, 0) is 26.1 Å². The summed E-state index contributed by atoms with van der Waals surface area (Å²) in [5, 5.41) is 3.00. The number of carbonyl (C=O) groups excluding carboxylic acids is 2. The lowest BCUT2D eigenvalue weighted by Crippen LogP contribution is -2.24. The Labute approximate surface area is 184 Å². The van der Waals surface area contributed by atoms with Crippen molar-refractivity contribution in [3.8, 4) is 0 Å². The Kier molecular flexibility index (Phi) is 7.11. The van der Waals surface area contributed by atoms with Crippen LogP contribution in [-0.4, -0.2) is 26.9 Å². The molecule has 0 spiro atoms. The molecule has 0 saturated carbocycles. The van der Waals surface area contributed by atoms with Gasteiger partial charge in [-0.2, -0.15) is 0 Å². The number of amides is 1. The van der Waals surface area contributed by atoms with Gasteiger partial charge in [0.2, 0.25) is 10.0 Å². The fraction of sp³-hybridized carbons (Fsp3) is 0.143. The molecular weight excluding hydrogens is 444 g/mol. The van der Waals surface area contributed by atoms with Gasteiger partial charge in [-0.1, -0.05) is 23.7 Å². The number of hydrogen-bond acceptors (Lipinski definition) is 6. The van der Waals surface area contributed by atoms with Crippen molar-refractivity contribution in [1.82, 2.24) is 4.72 Å². The molecule has 2 aromatic carbocycles. The number of aryl methyl sites for hydroxylation is 1. The Morgan fingerprint density at radius 3 is 2.61 bits per heavy atom. The molecule has 0 unspecified atom stereocenters. The van der Waals surface area contributed by atoms with Gasteiger partial charge >= 0.3 is 5.97 Å². The monoisotopic (exact) mass is 462 g/mol. The molecule has 0 bridgehead atoms. The van der Waals surface area contributed by atoms with Crippen LogP contribution >= 0.6 is 11.6 Å². The van der Waals surface area contributed by atoms with Gasteiger partial charge in [0, 0.05) is 10.7 Å². The molecule has 0 aliphatic rings. The fourth-order valence-corrected chi connectivity index (χ4v) is 3.83. The first-order chi connectivity index (χ1) is 14.7. The Bertz CT molecular complexity index is 1190. The minimum atomic E-state index is -3.89. The molecule has 1 heterocycles. The molecule has 2 N–H and O–H groups in total. The van der Waals surface area contributed by atoms with Crippen molar-refractivity contribution < 1.29 is 27.2 Å². The SMILES string of the molecule is Cc1ccc(S(=O)(=O)NCc2ccco2)cc1C(=O)OCC(=O)Nc1cccc(Cl)c1. The number of ether oxygens (including phenoxy) is 1. The van der Waals surface area contributed by atoms with Crippen molar-refractivity contribution in [2.75, 3.05) is 11.9 Å². The van der Waals surface area contributed by atoms with Gasteiger partial charge < -0.3 is 14.5 Å². The van der Waals surface area contributed by atoms with Crippen molar-refractivity contribution in [3.63, 3.8) is 0 Å². The van der Waals surface area contributed by atoms with Crippen LogP contribution in [0.25, 0.3) is 0 Å². The van der Waals surface area contributed by atoms with E-state index in [0.717, 1.165) is 0 Å². The number of hydrogen-bond donors (Lipinski definition) is 2. The molecule has 1 aromatic heterocycles. The highest BCUT2D eigenvalue weighted by molar-refractivity contribution is 7.89. The van der Waals surface area contributed by atoms with Gasteiger partial charge in [0.15, 0.2) is 6.61 Å². The number of furan rings is 1. The van der Waals surface area contributed by atoms with Crippen LogP contribution in [0, 0.1) is 6.92 Å². The van der Waals surface area contributed by atoms with Crippen LogP contribution in [0.1, 0.15) is 21.7 Å². The van der Waals surface area contributed by atoms with Crippen LogP contribution in [0.4, 0.5) is 5.69 Å². The maximum Gasteiger partial charge on any atom is 0.338 e. The lowest BCUT2D eigenvalue weighted by molar-refractivity contribution is -0.119. The van der Waals surface area contributed by atoms with Crippen LogP contribution in [0.5, 0.6) is 0 Å². The summed E-state index contributed by atoms with van der Waals surface area (Å²) < 4.78 is 37.6. The quantitative estimate of drug-likeness (QED) is 0.495. The maximum absolute atomic E-state index is 12.5. The van der Waals surface area contributed by atoms with Gasteiger partial charge in [-0.05, 0) is 55.0 Å². The first-order valence-corrected chi connectivity index (χ1v) is 11.0. The lowest BCUT2D eigenvalue weighted by Gasteiger charge is -2.11. The minimum Gasteiger partial charge on any atom is -0.468 e. The largest absolute Gasteiger partial charge is 0.468 e. The van der Waals surface area contributed by atoms with E-state index in [0.29, 0.717) is 22.0 Å². The molecule has 0 aliphatic carbocycles. The second-order valence-corrected chi connectivity index (χ2v) is 8.72. The smallest absolute Gasteiger partial charge is 0.338 e. The van der Waals surface area contributed by atoms with Crippen LogP contribution in [0.15, 0.2) is 70.2 Å². The predicted molar refractivity (Wildman–Crippen MR) is 114 cm³/mol. The molecule has 31 heavy (non-hydrogen) atoms. The van der Waals surface area contributed by atoms with E-state index < -0.39 is 28.5 Å². The average molecular weight is 463 g/mol. The molecular formula is C21H19ClN2O6S. The van der Waals surface area contributed by atoms with Gasteiger partial charge in [0.1, 0.15) is 5.76 Å². The summed E-state index contributed by atoms with van der Waals surface area (Å²) in [6.07, 6.45) is 1.44. The Morgan fingerprint density at radius 1 is 1.10 bits per heavy atom. The van der Waals surface area contributed by atoms with E-state index in [4.69, 9.17) is 20.8 Å². The number of nitrogens with one attached hydrogen (secondary N) is 2. The number of halogens is 1. The van der Waals surface area contributed by atoms with Gasteiger partial charge in [-0.25, -0.2) is 17.9 Å². The molecule has 1 amide bonds. The minimum absolute atomic E-state index is 0.0351. The third-order valence-electron chi connectivity index (χ3n) is 4.20. The Balaban J connectivity index is 1.64. The summed E-state index contributed by atoms with van der Waals surface area (Å²) in [5.74, 6) is -0.931. The van der Waals surface area contributed by atoms with Crippen molar-refractivity contribution >= 4 is 39.2 Å². The van der Waals surface area contributed by atoms with Crippen LogP contribution in [0.2, 0.25) is 5.02 Å². The highest BCUT2D eigenvalue weighted by Crippen LogP contribution is 2.18. The first kappa shape index (κ1) is 22.5. The first-order valence-electron chi connectivity index (χ1n) is 9.10. The van der Waals surface area contributed by atoms with E-state index >= 15 is 0 Å². The molecule has 8 nitrogen and oxygen atoms in total. The normalized spacial score (nSPS) is 11.2. The van der Waals surface area contributed by atoms with E-state index in [2.05, 4.69) is 10.0 Å². The summed E-state index contributed by atoms with van der Waals surface area (Å²) in [4.78, 5) is 24.4. The summed E-state index contributed by atoms with van der Waals surface area (Å²) in [7, 11) is -3.89. The summed E-state index contributed by atoms with van der Waals surface area (Å²) in [6, 6.07) is 13.9. The van der Waals surface area contributed by atoms with Gasteiger partial charge in [-0.3, -0.25) is 4.79 Å². The molecule has 3 rings (SSSR count). The fourth-order valence-electron chi connectivity index (χ4n) is 2.62. The highest BCUT2D eigenvalue weighted by Gasteiger charge is 2.20.